The molecule has 1 aromatic rings. The predicted octanol–water partition coefficient (Wildman–Crippen LogP) is 2.20. The van der Waals surface area contributed by atoms with Gasteiger partial charge in [0.25, 0.3) is 0 Å². The molecule has 0 radical (unpaired) electrons. The Morgan fingerprint density at radius 2 is 1.81 bits per heavy atom. The number of ether oxygens (including phenoxy) is 2. The molecule has 1 aromatic carbocycles. The average Bonchev–Trinajstić information content (AvgIpc) is 2.35. The van der Waals surface area contributed by atoms with Gasteiger partial charge in [-0.15, -0.1) is 11.7 Å². The second-order valence-electron chi connectivity index (χ2n) is 2.75. The molecule has 0 aliphatic heterocycles. The minimum absolute atomic E-state index is 0.174. The number of methoxy groups -OCH3 is 2. The van der Waals surface area contributed by atoms with Gasteiger partial charge in [-0.1, -0.05) is 16.9 Å². The zero-order valence-corrected chi connectivity index (χ0v) is 10.4. The first-order chi connectivity index (χ1) is 7.65. The number of esters is 2. The van der Waals surface area contributed by atoms with Gasteiger partial charge in [0.2, 0.25) is 0 Å². The Bertz CT molecular complexity index is 417. The minimum Gasteiger partial charge on any atom is -0.465 e. The van der Waals surface area contributed by atoms with E-state index in [-0.39, 0.29) is 11.1 Å². The van der Waals surface area contributed by atoms with Gasteiger partial charge in [0, 0.05) is 4.90 Å². The maximum absolute atomic E-state index is 11.6. The summed E-state index contributed by atoms with van der Waals surface area (Å²) < 4.78 is 9.21. The van der Waals surface area contributed by atoms with Gasteiger partial charge in [-0.05, 0) is 12.1 Å². The van der Waals surface area contributed by atoms with E-state index in [1.54, 1.807) is 12.1 Å². The van der Waals surface area contributed by atoms with E-state index in [4.69, 9.17) is 0 Å². The zero-order chi connectivity index (χ0) is 12.1. The van der Waals surface area contributed by atoms with Gasteiger partial charge in [0.1, 0.15) is 0 Å². The highest BCUT2D eigenvalue weighted by Crippen LogP contribution is 2.28. The molecule has 6 heteroatoms. The number of benzene rings is 1. The van der Waals surface area contributed by atoms with Crippen molar-refractivity contribution in [1.82, 2.24) is 0 Å². The van der Waals surface area contributed by atoms with Gasteiger partial charge < -0.3 is 9.47 Å². The van der Waals surface area contributed by atoms with Crippen molar-refractivity contribution in [2.24, 2.45) is 0 Å². The van der Waals surface area contributed by atoms with E-state index < -0.39 is 11.9 Å². The first kappa shape index (κ1) is 12.9. The topological polar surface area (TPSA) is 52.6 Å². The summed E-state index contributed by atoms with van der Waals surface area (Å²) in [4.78, 5) is 23.6. The summed E-state index contributed by atoms with van der Waals surface area (Å²) in [7, 11) is 3.57. The predicted molar refractivity (Wildman–Crippen MR) is 64.0 cm³/mol. The van der Waals surface area contributed by atoms with Crippen LogP contribution in [0.2, 0.25) is 0 Å². The van der Waals surface area contributed by atoms with Crippen LogP contribution in [0.1, 0.15) is 20.7 Å². The highest BCUT2D eigenvalue weighted by molar-refractivity contribution is 8.68. The van der Waals surface area contributed by atoms with Crippen LogP contribution in [0.15, 0.2) is 23.1 Å². The quantitative estimate of drug-likeness (QED) is 0.511. The molecule has 0 atom stereocenters. The summed E-state index contributed by atoms with van der Waals surface area (Å²) >= 11 is 4.02. The van der Waals surface area contributed by atoms with Crippen molar-refractivity contribution >= 4 is 34.4 Å². The molecule has 0 aliphatic rings. The first-order valence-electron chi connectivity index (χ1n) is 4.26. The molecular formula is C10H10O4S2. The normalized spacial score (nSPS) is 9.69. The molecule has 4 nitrogen and oxygen atoms in total. The molecular weight excluding hydrogens is 248 g/mol. The molecule has 0 spiro atoms. The highest BCUT2D eigenvalue weighted by Gasteiger charge is 2.21. The Balaban J connectivity index is 3.37. The van der Waals surface area contributed by atoms with Crippen molar-refractivity contribution in [3.05, 3.63) is 29.3 Å². The number of carbonyl (C=O) groups is 2. The van der Waals surface area contributed by atoms with Crippen molar-refractivity contribution in [2.75, 3.05) is 14.2 Å². The summed E-state index contributed by atoms with van der Waals surface area (Å²) in [5.74, 6) is -1.16. The molecule has 0 bridgehead atoms. The zero-order valence-electron chi connectivity index (χ0n) is 8.72. The SMILES string of the molecule is COC(=O)c1cccc(SS)c1C(=O)OC. The molecule has 0 aromatic heterocycles. The van der Waals surface area contributed by atoms with Gasteiger partial charge in [0.15, 0.2) is 0 Å². The largest absolute Gasteiger partial charge is 0.465 e. The van der Waals surface area contributed by atoms with Gasteiger partial charge in [0.05, 0.1) is 25.3 Å². The Hall–Kier alpha value is -1.14. The third-order valence-corrected chi connectivity index (χ3v) is 3.05. The number of carbonyl (C=O) groups excluding carboxylic acids is 2. The van der Waals surface area contributed by atoms with Crippen LogP contribution in [0, 0.1) is 0 Å². The van der Waals surface area contributed by atoms with Crippen LogP contribution < -0.4 is 0 Å². The maximum Gasteiger partial charge on any atom is 0.339 e. The molecule has 0 heterocycles. The standard InChI is InChI=1S/C10H10O4S2/c1-13-9(11)6-4-3-5-7(16-15)8(6)10(12)14-2/h3-5,15H,1-2H3. The van der Waals surface area contributed by atoms with Crippen molar-refractivity contribution in [1.29, 1.82) is 0 Å². The van der Waals surface area contributed by atoms with E-state index in [2.05, 4.69) is 21.1 Å². The fourth-order valence-electron chi connectivity index (χ4n) is 1.20. The molecule has 0 N–H and O–H groups in total. The van der Waals surface area contributed by atoms with Crippen molar-refractivity contribution in [2.45, 2.75) is 4.90 Å². The number of hydrogen-bond donors (Lipinski definition) is 1. The summed E-state index contributed by atoms with van der Waals surface area (Å²) in [5, 5.41) is 0. The number of hydrogen-bond acceptors (Lipinski definition) is 6. The summed E-state index contributed by atoms with van der Waals surface area (Å²) in [5.41, 5.74) is 0.352. The van der Waals surface area contributed by atoms with Gasteiger partial charge in [-0.25, -0.2) is 9.59 Å². The minimum atomic E-state index is -0.586. The van der Waals surface area contributed by atoms with Crippen molar-refractivity contribution in [3.63, 3.8) is 0 Å². The van der Waals surface area contributed by atoms with Crippen LogP contribution in [0.4, 0.5) is 0 Å². The third-order valence-electron chi connectivity index (χ3n) is 1.92. The van der Waals surface area contributed by atoms with Crippen molar-refractivity contribution < 1.29 is 19.1 Å². The van der Waals surface area contributed by atoms with Gasteiger partial charge in [-0.2, -0.15) is 0 Å². The molecule has 0 aliphatic carbocycles. The maximum atomic E-state index is 11.6. The molecule has 16 heavy (non-hydrogen) atoms. The summed E-state index contributed by atoms with van der Waals surface area (Å²) in [6.45, 7) is 0. The van der Waals surface area contributed by atoms with Gasteiger partial charge >= 0.3 is 11.9 Å². The number of rotatable bonds is 3. The monoisotopic (exact) mass is 258 g/mol. The van der Waals surface area contributed by atoms with Gasteiger partial charge in [-0.3, -0.25) is 0 Å². The Morgan fingerprint density at radius 1 is 1.19 bits per heavy atom. The first-order valence-corrected chi connectivity index (χ1v) is 6.13. The molecule has 0 saturated heterocycles. The Morgan fingerprint density at radius 3 is 2.31 bits per heavy atom. The van der Waals surface area contributed by atoms with E-state index in [9.17, 15) is 9.59 Å². The molecule has 0 saturated carbocycles. The van der Waals surface area contributed by atoms with E-state index in [1.165, 1.54) is 20.3 Å². The Kier molecular flexibility index (Phi) is 4.70. The van der Waals surface area contributed by atoms with Crippen molar-refractivity contribution in [3.8, 4) is 0 Å². The summed E-state index contributed by atoms with van der Waals surface area (Å²) in [6.07, 6.45) is 0. The number of thiol groups is 1. The van der Waals surface area contributed by atoms with Crippen LogP contribution in [0.5, 0.6) is 0 Å². The lowest BCUT2D eigenvalue weighted by atomic mass is 10.1. The summed E-state index contributed by atoms with van der Waals surface area (Å²) in [6, 6.07) is 4.83. The van der Waals surface area contributed by atoms with E-state index in [0.717, 1.165) is 10.8 Å². The van der Waals surface area contributed by atoms with Crippen LogP contribution in [0.25, 0.3) is 0 Å². The molecule has 86 valence electrons. The third kappa shape index (κ3) is 2.51. The highest BCUT2D eigenvalue weighted by atomic mass is 33.1. The van der Waals surface area contributed by atoms with E-state index in [1.807, 2.05) is 0 Å². The lowest BCUT2D eigenvalue weighted by Crippen LogP contribution is -2.12. The fourth-order valence-corrected chi connectivity index (χ4v) is 2.08. The second kappa shape index (κ2) is 5.81. The van der Waals surface area contributed by atoms with Crippen LogP contribution >= 0.6 is 22.5 Å². The lowest BCUT2D eigenvalue weighted by Gasteiger charge is -2.09. The molecule has 0 unspecified atom stereocenters. The average molecular weight is 258 g/mol. The van der Waals surface area contributed by atoms with E-state index >= 15 is 0 Å². The van der Waals surface area contributed by atoms with Crippen LogP contribution in [-0.4, -0.2) is 26.2 Å². The molecule has 0 amide bonds. The molecule has 0 fully saturated rings. The molecule has 1 rings (SSSR count). The van der Waals surface area contributed by atoms with Crippen LogP contribution in [-0.2, 0) is 9.47 Å². The van der Waals surface area contributed by atoms with E-state index in [0.29, 0.717) is 4.90 Å². The smallest absolute Gasteiger partial charge is 0.339 e. The lowest BCUT2D eigenvalue weighted by molar-refractivity contribution is 0.0552. The second-order valence-corrected chi connectivity index (χ2v) is 3.92. The fraction of sp³-hybridized carbons (Fsp3) is 0.200. The van der Waals surface area contributed by atoms with Crippen LogP contribution in [0.3, 0.4) is 0 Å². The Labute approximate surface area is 102 Å².